The highest BCUT2D eigenvalue weighted by atomic mass is 16.1. The average Bonchev–Trinajstić information content (AvgIpc) is 3.17. The van der Waals surface area contributed by atoms with Gasteiger partial charge in [-0.05, 0) is 88.4 Å². The maximum atomic E-state index is 12.0. The molecule has 1 aliphatic carbocycles. The van der Waals surface area contributed by atoms with Gasteiger partial charge in [0.1, 0.15) is 12.1 Å². The number of Topliss-reactive ketones (excluding diaryl/α,β-unsaturated/α-hetero) is 1. The molecule has 0 amide bonds. The molecule has 0 spiro atoms. The second kappa shape index (κ2) is 48.5. The number of aldehydes is 1. The molecule has 1 unspecified atom stereocenters. The molecule has 0 radical (unpaired) electrons. The maximum Gasteiger partial charge on any atom is 0.149 e. The monoisotopic (exact) mass is 728 g/mol. The van der Waals surface area contributed by atoms with Gasteiger partial charge in [-0.25, -0.2) is 0 Å². The molecule has 0 aliphatic heterocycles. The molecule has 52 heavy (non-hydrogen) atoms. The van der Waals surface area contributed by atoms with E-state index in [2.05, 4.69) is 102 Å². The van der Waals surface area contributed by atoms with E-state index in [1.165, 1.54) is 81.2 Å². The molecular formula is C47H89N3O2. The van der Waals surface area contributed by atoms with E-state index in [1.54, 1.807) is 6.92 Å². The minimum absolute atomic E-state index is 0.238. The molecule has 1 aliphatic rings. The third-order valence-corrected chi connectivity index (χ3v) is 8.65. The van der Waals surface area contributed by atoms with E-state index in [9.17, 15) is 9.59 Å². The Kier molecular flexibility index (Phi) is 54.7. The van der Waals surface area contributed by atoms with Gasteiger partial charge in [-0.3, -0.25) is 4.79 Å². The van der Waals surface area contributed by atoms with Crippen LogP contribution >= 0.6 is 0 Å². The van der Waals surface area contributed by atoms with Crippen molar-refractivity contribution in [2.24, 2.45) is 11.8 Å². The summed E-state index contributed by atoms with van der Waals surface area (Å²) >= 11 is 0. The van der Waals surface area contributed by atoms with Crippen molar-refractivity contribution in [1.29, 1.82) is 5.41 Å². The molecule has 1 atom stereocenters. The highest BCUT2D eigenvalue weighted by molar-refractivity contribution is 5.86. The molecule has 5 heteroatoms. The highest BCUT2D eigenvalue weighted by Crippen LogP contribution is 2.33. The van der Waals surface area contributed by atoms with Gasteiger partial charge in [0.05, 0.1) is 5.54 Å². The van der Waals surface area contributed by atoms with Gasteiger partial charge in [0.15, 0.2) is 0 Å². The van der Waals surface area contributed by atoms with Crippen LogP contribution in [0.3, 0.4) is 0 Å². The summed E-state index contributed by atoms with van der Waals surface area (Å²) in [6.07, 6.45) is 29.8. The van der Waals surface area contributed by atoms with Crippen LogP contribution in [0.2, 0.25) is 0 Å². The Morgan fingerprint density at radius 1 is 0.923 bits per heavy atom. The van der Waals surface area contributed by atoms with Crippen LogP contribution in [0.15, 0.2) is 36.9 Å². The van der Waals surface area contributed by atoms with E-state index in [-0.39, 0.29) is 5.54 Å². The standard InChI is InChI=1S/C15H29NO.C10H15N.C7H16.C5H10O.C4H9N.C4H4.C2H6/c1-4-5-11-15(16-3,13(2)17)12-14-9-7-6-8-10-14;1-3-9-4-6-10(7-5-9)8-11-2;1-4-5-6-7(2)3;1-2-3-4-5-6;1-2-3-4-5;1-3-4-2;1-2/h14,16H,4-12H2,1-3H3;4-7,11H,3,8H2,1-2H3;7H,4-6H2,1-3H3;5H,2-4H2,1H3;4-5H,2-3H2,1H3;1,4H,2H2;1-2H3. The first-order chi connectivity index (χ1) is 25.0. The molecule has 1 aromatic carbocycles. The maximum absolute atomic E-state index is 12.0. The van der Waals surface area contributed by atoms with Gasteiger partial charge in [-0.2, -0.15) is 0 Å². The highest BCUT2D eigenvalue weighted by Gasteiger charge is 2.35. The van der Waals surface area contributed by atoms with Gasteiger partial charge in [-0.1, -0.05) is 176 Å². The number of benzene rings is 1. The first-order valence-corrected chi connectivity index (χ1v) is 20.9. The molecule has 1 aromatic rings. The molecule has 0 aromatic heterocycles. The van der Waals surface area contributed by atoms with Crippen molar-refractivity contribution < 1.29 is 9.59 Å². The molecular weight excluding hydrogens is 639 g/mol. The molecule has 304 valence electrons. The lowest BCUT2D eigenvalue weighted by molar-refractivity contribution is -0.124. The van der Waals surface area contributed by atoms with E-state index in [0.717, 1.165) is 82.5 Å². The molecule has 3 N–H and O–H groups in total. The van der Waals surface area contributed by atoms with Crippen LogP contribution in [0.4, 0.5) is 0 Å². The van der Waals surface area contributed by atoms with Crippen LogP contribution in [0.1, 0.15) is 190 Å². The number of hydrogen-bond donors (Lipinski definition) is 3. The van der Waals surface area contributed by atoms with Gasteiger partial charge in [0.2, 0.25) is 0 Å². The van der Waals surface area contributed by atoms with Crippen molar-refractivity contribution in [3.63, 3.8) is 0 Å². The zero-order valence-electron chi connectivity index (χ0n) is 36.7. The summed E-state index contributed by atoms with van der Waals surface area (Å²) < 4.78 is 0. The second-order valence-corrected chi connectivity index (χ2v) is 13.6. The summed E-state index contributed by atoms with van der Waals surface area (Å²) in [4.78, 5) is 21.6. The summed E-state index contributed by atoms with van der Waals surface area (Å²) in [5.41, 5.74) is 2.52. The Morgan fingerprint density at radius 3 is 1.73 bits per heavy atom. The summed E-state index contributed by atoms with van der Waals surface area (Å²) in [5, 5.41) is 12.9. The van der Waals surface area contributed by atoms with Gasteiger partial charge < -0.3 is 20.8 Å². The third kappa shape index (κ3) is 41.9. The Morgan fingerprint density at radius 2 is 1.44 bits per heavy atom. The van der Waals surface area contributed by atoms with Crippen LogP contribution in [-0.2, 0) is 22.6 Å². The molecule has 2 rings (SSSR count). The van der Waals surface area contributed by atoms with Crippen molar-refractivity contribution in [3.8, 4) is 12.3 Å². The van der Waals surface area contributed by atoms with Crippen molar-refractivity contribution >= 4 is 18.3 Å². The number of allylic oxidation sites excluding steroid dienone is 1. The zero-order valence-corrected chi connectivity index (χ0v) is 36.7. The Balaban J connectivity index is -0.000000182. The van der Waals surface area contributed by atoms with Crippen LogP contribution in [0, 0.1) is 29.6 Å². The van der Waals surface area contributed by atoms with E-state index in [0.29, 0.717) is 5.78 Å². The Hall–Kier alpha value is -2.55. The predicted molar refractivity (Wildman–Crippen MR) is 236 cm³/mol. The minimum Gasteiger partial charge on any atom is -0.316 e. The average molecular weight is 728 g/mol. The number of unbranched alkanes of at least 4 members (excludes halogenated alkanes) is 5. The molecule has 0 saturated heterocycles. The SMILES string of the molecule is C#CC=C.CC.CCCC=N.CCCCC(C)C.CCCCC(CC1CCCCC1)(NC)C(C)=O.CCCCC=O.CCc1ccc(CNC)cc1. The number of carbonyl (C=O) groups is 2. The number of carbonyl (C=O) groups excluding carboxylic acids is 2. The largest absolute Gasteiger partial charge is 0.316 e. The van der Waals surface area contributed by atoms with E-state index in [1.807, 2.05) is 27.9 Å². The molecule has 0 heterocycles. The van der Waals surface area contributed by atoms with Crippen LogP contribution in [0.25, 0.3) is 0 Å². The van der Waals surface area contributed by atoms with E-state index >= 15 is 0 Å². The predicted octanol–water partition coefficient (Wildman–Crippen LogP) is 13.1. The zero-order chi connectivity index (χ0) is 40.9. The van der Waals surface area contributed by atoms with Crippen molar-refractivity contribution in [1.82, 2.24) is 10.6 Å². The van der Waals surface area contributed by atoms with Crippen LogP contribution < -0.4 is 10.6 Å². The number of rotatable bonds is 18. The lowest BCUT2D eigenvalue weighted by atomic mass is 9.75. The van der Waals surface area contributed by atoms with Gasteiger partial charge in [0.25, 0.3) is 0 Å². The van der Waals surface area contributed by atoms with Gasteiger partial charge in [0, 0.05) is 13.0 Å². The van der Waals surface area contributed by atoms with E-state index in [4.69, 9.17) is 5.41 Å². The lowest BCUT2D eigenvalue weighted by Crippen LogP contribution is -2.50. The fourth-order valence-corrected chi connectivity index (χ4v) is 5.33. The third-order valence-electron chi connectivity index (χ3n) is 8.65. The van der Waals surface area contributed by atoms with Crippen LogP contribution in [-0.4, -0.2) is 37.9 Å². The summed E-state index contributed by atoms with van der Waals surface area (Å²) in [5.74, 6) is 4.19. The Bertz CT molecular complexity index is 914. The fourth-order valence-electron chi connectivity index (χ4n) is 5.33. The number of likely N-dealkylation sites (N-methyl/N-ethyl adjacent to an activating group) is 1. The fraction of sp³-hybridized carbons (Fsp3) is 0.723. The number of aryl methyl sites for hydroxylation is 1. The lowest BCUT2D eigenvalue weighted by Gasteiger charge is -2.36. The van der Waals surface area contributed by atoms with Crippen LogP contribution in [0.5, 0.6) is 0 Å². The normalized spacial score (nSPS) is 12.5. The van der Waals surface area contributed by atoms with E-state index < -0.39 is 0 Å². The smallest absolute Gasteiger partial charge is 0.149 e. The van der Waals surface area contributed by atoms with Gasteiger partial charge >= 0.3 is 0 Å². The van der Waals surface area contributed by atoms with Crippen molar-refractivity contribution in [2.75, 3.05) is 14.1 Å². The number of nitrogens with one attached hydrogen (secondary N) is 3. The van der Waals surface area contributed by atoms with Crippen molar-refractivity contribution in [3.05, 3.63) is 48.0 Å². The number of hydrogen-bond acceptors (Lipinski definition) is 5. The molecule has 1 fully saturated rings. The molecule has 1 saturated carbocycles. The number of terminal acetylenes is 1. The first-order valence-electron chi connectivity index (χ1n) is 20.9. The summed E-state index contributed by atoms with van der Waals surface area (Å²) in [6.45, 7) is 25.3. The topological polar surface area (TPSA) is 82.1 Å². The molecule has 0 bridgehead atoms. The summed E-state index contributed by atoms with van der Waals surface area (Å²) in [7, 11) is 3.92. The number of ketones is 1. The minimum atomic E-state index is -0.238. The Labute approximate surface area is 326 Å². The van der Waals surface area contributed by atoms with Gasteiger partial charge in [-0.15, -0.1) is 6.42 Å². The summed E-state index contributed by atoms with van der Waals surface area (Å²) in [6, 6.07) is 8.73. The molecule has 5 nitrogen and oxygen atoms in total. The second-order valence-electron chi connectivity index (χ2n) is 13.6. The van der Waals surface area contributed by atoms with Crippen molar-refractivity contribution in [2.45, 2.75) is 197 Å². The first kappa shape index (κ1) is 58.8. The quantitative estimate of drug-likeness (QED) is 0.0608.